The van der Waals surface area contributed by atoms with Crippen molar-refractivity contribution >= 4 is 29.4 Å². The molecule has 0 unspecified atom stereocenters. The average molecular weight is 955 g/mol. The van der Waals surface area contributed by atoms with Crippen molar-refractivity contribution in [3.05, 3.63) is 68.8 Å². The quantitative estimate of drug-likeness (QED) is 0.0718. The van der Waals surface area contributed by atoms with Crippen molar-refractivity contribution in [3.63, 3.8) is 0 Å². The molecule has 0 aromatic heterocycles. The molecule has 12 atom stereocenters. The van der Waals surface area contributed by atoms with Crippen LogP contribution in [0.5, 0.6) is 23.0 Å². The number of phenolic OH excluding ortho intramolecular Hbond substituents is 3. The highest BCUT2D eigenvalue weighted by Gasteiger charge is 2.51. The molecule has 0 saturated carbocycles. The van der Waals surface area contributed by atoms with Crippen LogP contribution in [0, 0.1) is 12.3 Å². The van der Waals surface area contributed by atoms with Crippen molar-refractivity contribution < 1.29 is 98.0 Å². The number of ether oxygens (including phenoxy) is 7. The van der Waals surface area contributed by atoms with Crippen LogP contribution in [-0.2, 0) is 38.0 Å². The molecule has 0 spiro atoms. The minimum Gasteiger partial charge on any atom is -0.507 e. The predicted molar refractivity (Wildman–Crippen MR) is 230 cm³/mol. The molecule has 3 aromatic rings. The van der Waals surface area contributed by atoms with Crippen LogP contribution in [-0.4, -0.2) is 159 Å². The van der Waals surface area contributed by atoms with E-state index in [-0.39, 0.29) is 33.6 Å². The summed E-state index contributed by atoms with van der Waals surface area (Å²) in [4.78, 5) is 67.5. The van der Waals surface area contributed by atoms with Gasteiger partial charge in [0.2, 0.25) is 6.79 Å². The lowest BCUT2D eigenvalue weighted by molar-refractivity contribution is -0.339. The number of aryl methyl sites for hydroxylation is 1. The first-order valence-electron chi connectivity index (χ1n) is 21.5. The maximum Gasteiger partial charge on any atom is 0.331 e. The summed E-state index contributed by atoms with van der Waals surface area (Å²) in [6.45, 7) is 7.84. The third-order valence-corrected chi connectivity index (χ3v) is 12.4. The van der Waals surface area contributed by atoms with Gasteiger partial charge in [-0.2, -0.15) is 0 Å². The Morgan fingerprint density at radius 1 is 0.824 bits per heavy atom. The Hall–Kier alpha value is -5.79. The van der Waals surface area contributed by atoms with E-state index >= 15 is 0 Å². The number of methoxy groups -OCH3 is 1. The molecule has 22 heteroatoms. The summed E-state index contributed by atoms with van der Waals surface area (Å²) < 4.78 is 39.1. The van der Waals surface area contributed by atoms with Gasteiger partial charge in [0.25, 0.3) is 5.91 Å². The molecule has 7 rings (SSSR count). The van der Waals surface area contributed by atoms with Gasteiger partial charge in [-0.3, -0.25) is 19.2 Å². The molecule has 2 heterocycles. The predicted octanol–water partition coefficient (Wildman–Crippen LogP) is 0.394. The van der Waals surface area contributed by atoms with E-state index in [1.165, 1.54) is 40.1 Å². The van der Waals surface area contributed by atoms with E-state index < -0.39 is 167 Å². The SMILES string of the molecule is CN[C@@H]1[C@H](O[C@@H]2OC[C@@H](O)[C@H](O)[C@H]2O)[C@@H](O)[C@H](O[C@H]2c3cc(C)c(C(=O)N[C@H](C)C(=O)OCOC(=O)C(C)(C)C)c(O)c3-c3c(cc4c(c3O)C(=O)c3cc(OC)cc(O)c3C4=O)[C@@H]2O)O[C@@H]1C. The zero-order valence-corrected chi connectivity index (χ0v) is 38.1. The maximum atomic E-state index is 14.2. The Morgan fingerprint density at radius 2 is 1.47 bits per heavy atom. The van der Waals surface area contributed by atoms with E-state index in [0.717, 1.165) is 12.1 Å². The second-order valence-electron chi connectivity index (χ2n) is 18.0. The van der Waals surface area contributed by atoms with Crippen molar-refractivity contribution in [2.45, 2.75) is 115 Å². The number of carbonyl (C=O) groups excluding carboxylic acids is 5. The summed E-state index contributed by atoms with van der Waals surface area (Å²) in [6.07, 6.45) is -15.7. The molecule has 2 aliphatic carbocycles. The van der Waals surface area contributed by atoms with E-state index in [0.29, 0.717) is 0 Å². The number of rotatable bonds is 11. The topological polar surface area (TPSA) is 336 Å². The number of aromatic hydroxyl groups is 3. The zero-order valence-electron chi connectivity index (χ0n) is 38.1. The minimum absolute atomic E-state index is 0.00538. The number of likely N-dealkylation sites (N-methyl/N-ethyl adjacent to an activating group) is 1. The molecular weight excluding hydrogens is 900 g/mol. The Kier molecular flexibility index (Phi) is 14.0. The van der Waals surface area contributed by atoms with Gasteiger partial charge >= 0.3 is 11.9 Å². The minimum atomic E-state index is -1.92. The molecule has 1 amide bonds. The summed E-state index contributed by atoms with van der Waals surface area (Å²) in [5.74, 6) is -7.00. The highest BCUT2D eigenvalue weighted by molar-refractivity contribution is 6.31. The van der Waals surface area contributed by atoms with Crippen LogP contribution < -0.4 is 15.4 Å². The van der Waals surface area contributed by atoms with Gasteiger partial charge < -0.3 is 84.6 Å². The standard InChI is InChI=1S/C46H54N2O20/c1-15-9-22-28(35(55)25(15)41(59)48-16(2)42(60)64-14-65-45(61)46(4,5)6)27-20(12-21-29(36(27)56)32(52)19-10-18(62-8)11-23(49)26(19)31(21)51)33(53)39(22)67-44-38(58)40(30(47-7)17(3)66-44)68-43-37(57)34(54)24(50)13-63-43/h9-12,16-17,24,30,33-34,37-40,43-44,47,49-50,53-58H,13-14H2,1-8H3,(H,48,59)/t16-,17-,24-,30+,33+,34+,37-,38-,39+,40+,43+,44+/m1/s1. The fourth-order valence-corrected chi connectivity index (χ4v) is 8.78. The van der Waals surface area contributed by atoms with Gasteiger partial charge in [-0.25, -0.2) is 4.79 Å². The van der Waals surface area contributed by atoms with Crippen molar-refractivity contribution in [1.29, 1.82) is 0 Å². The number of hydrogen-bond donors (Lipinski definition) is 10. The largest absolute Gasteiger partial charge is 0.507 e. The van der Waals surface area contributed by atoms with Gasteiger partial charge in [-0.05, 0) is 77.4 Å². The van der Waals surface area contributed by atoms with Gasteiger partial charge in [0.15, 0.2) is 24.1 Å². The Morgan fingerprint density at radius 3 is 2.12 bits per heavy atom. The zero-order chi connectivity index (χ0) is 50.0. The Bertz CT molecular complexity index is 2540. The molecule has 0 radical (unpaired) electrons. The van der Waals surface area contributed by atoms with Crippen LogP contribution in [0.1, 0.15) is 106 Å². The number of aliphatic hydroxyl groups is 5. The Balaban J connectivity index is 1.31. The van der Waals surface area contributed by atoms with Gasteiger partial charge in [-0.15, -0.1) is 0 Å². The monoisotopic (exact) mass is 954 g/mol. The molecule has 22 nitrogen and oxygen atoms in total. The van der Waals surface area contributed by atoms with Crippen molar-refractivity contribution in [2.75, 3.05) is 27.6 Å². The van der Waals surface area contributed by atoms with Crippen molar-refractivity contribution in [3.8, 4) is 34.1 Å². The van der Waals surface area contributed by atoms with Gasteiger partial charge in [-0.1, -0.05) is 6.07 Å². The summed E-state index contributed by atoms with van der Waals surface area (Å²) in [5, 5.41) is 95.9. The summed E-state index contributed by atoms with van der Waals surface area (Å²) in [5.41, 5.74) is -4.40. The molecule has 68 heavy (non-hydrogen) atoms. The lowest BCUT2D eigenvalue weighted by Gasteiger charge is -2.47. The van der Waals surface area contributed by atoms with Crippen LogP contribution in [0.4, 0.5) is 0 Å². The van der Waals surface area contributed by atoms with Crippen molar-refractivity contribution in [2.24, 2.45) is 5.41 Å². The van der Waals surface area contributed by atoms with Crippen molar-refractivity contribution in [1.82, 2.24) is 10.6 Å². The fraction of sp³-hybridized carbons (Fsp3) is 0.500. The number of hydrogen-bond acceptors (Lipinski definition) is 21. The molecule has 10 N–H and O–H groups in total. The number of benzene rings is 3. The van der Waals surface area contributed by atoms with Crippen LogP contribution in [0.2, 0.25) is 0 Å². The smallest absolute Gasteiger partial charge is 0.331 e. The number of nitrogens with one attached hydrogen (secondary N) is 2. The molecule has 4 aliphatic rings. The summed E-state index contributed by atoms with van der Waals surface area (Å²) in [6, 6.07) is 2.44. The van der Waals surface area contributed by atoms with E-state index in [4.69, 9.17) is 33.2 Å². The van der Waals surface area contributed by atoms with Crippen LogP contribution in [0.3, 0.4) is 0 Å². The van der Waals surface area contributed by atoms with Crippen LogP contribution in [0.25, 0.3) is 11.1 Å². The number of carbonyl (C=O) groups is 5. The summed E-state index contributed by atoms with van der Waals surface area (Å²) >= 11 is 0. The van der Waals surface area contributed by atoms with Gasteiger partial charge in [0.1, 0.15) is 71.8 Å². The van der Waals surface area contributed by atoms with Crippen LogP contribution in [0.15, 0.2) is 24.3 Å². The number of amides is 1. The molecule has 2 aliphatic heterocycles. The molecule has 3 aromatic carbocycles. The molecule has 2 fully saturated rings. The second-order valence-corrected chi connectivity index (χ2v) is 18.0. The normalized spacial score (nSPS) is 28.0. The lowest BCUT2D eigenvalue weighted by Crippen LogP contribution is -2.65. The summed E-state index contributed by atoms with van der Waals surface area (Å²) in [7, 11) is 2.80. The molecule has 0 bridgehead atoms. The van der Waals surface area contributed by atoms with Gasteiger partial charge in [0.05, 0.1) is 48.0 Å². The number of phenols is 3. The third-order valence-electron chi connectivity index (χ3n) is 12.4. The first kappa shape index (κ1) is 50.1. The highest BCUT2D eigenvalue weighted by Crippen LogP contribution is 2.57. The molecule has 368 valence electrons. The first-order chi connectivity index (χ1) is 31.9. The van der Waals surface area contributed by atoms with E-state index in [1.807, 2.05) is 0 Å². The van der Waals surface area contributed by atoms with Crippen LogP contribution >= 0.6 is 0 Å². The number of fused-ring (bicyclic) bond motifs is 5. The molecular formula is C46H54N2O20. The molecule has 2 saturated heterocycles. The average Bonchev–Trinajstić information content (AvgIpc) is 3.27. The first-order valence-corrected chi connectivity index (χ1v) is 21.5. The highest BCUT2D eigenvalue weighted by atomic mass is 16.7. The van der Waals surface area contributed by atoms with E-state index in [2.05, 4.69) is 10.6 Å². The number of aliphatic hydroxyl groups excluding tert-OH is 5. The number of esters is 2. The fourth-order valence-electron chi connectivity index (χ4n) is 8.78. The van der Waals surface area contributed by atoms with E-state index in [9.17, 15) is 64.8 Å². The third kappa shape index (κ3) is 8.76. The number of ketones is 2. The van der Waals surface area contributed by atoms with Gasteiger partial charge in [0, 0.05) is 28.3 Å². The second kappa shape index (κ2) is 19.0. The maximum absolute atomic E-state index is 14.2. The lowest BCUT2D eigenvalue weighted by atomic mass is 9.74. The Labute approximate surface area is 388 Å². The van der Waals surface area contributed by atoms with E-state index in [1.54, 1.807) is 27.7 Å².